The number of anilines is 1. The molecule has 11 heteroatoms. The average Bonchev–Trinajstić information content (AvgIpc) is 2.74. The van der Waals surface area contributed by atoms with Crippen LogP contribution in [0.3, 0.4) is 0 Å². The van der Waals surface area contributed by atoms with Gasteiger partial charge in [0, 0.05) is 18.6 Å². The topological polar surface area (TPSA) is 96.0 Å². The molecule has 0 spiro atoms. The number of methoxy groups -OCH3 is 1. The molecular formula is C21H25Cl2N3O5S. The Balaban J connectivity index is 2.42. The number of likely N-dealkylation sites (N-methyl/N-ethyl adjacent to an activating group) is 1. The SMILES string of the molecule is CNC(=O)[C@H](C)N(Cc1cccc(OC)c1)C(=O)CN(c1ccc(Cl)cc1Cl)S(C)(=O)=O. The lowest BCUT2D eigenvalue weighted by molar-refractivity contribution is -0.139. The first-order valence-corrected chi connectivity index (χ1v) is 12.1. The van der Waals surface area contributed by atoms with Gasteiger partial charge in [-0.2, -0.15) is 0 Å². The summed E-state index contributed by atoms with van der Waals surface area (Å²) in [6.45, 7) is 1.08. The van der Waals surface area contributed by atoms with E-state index in [0.29, 0.717) is 16.3 Å². The molecule has 174 valence electrons. The van der Waals surface area contributed by atoms with E-state index in [-0.39, 0.29) is 17.3 Å². The Bertz CT molecular complexity index is 1090. The lowest BCUT2D eigenvalue weighted by Gasteiger charge is -2.31. The number of nitrogens with zero attached hydrogens (tertiary/aromatic N) is 2. The van der Waals surface area contributed by atoms with Gasteiger partial charge in [0.2, 0.25) is 21.8 Å². The summed E-state index contributed by atoms with van der Waals surface area (Å²) in [6, 6.07) is 10.5. The van der Waals surface area contributed by atoms with Crippen LogP contribution in [0, 0.1) is 0 Å². The van der Waals surface area contributed by atoms with Gasteiger partial charge in [0.25, 0.3) is 0 Å². The Morgan fingerprint density at radius 1 is 1.16 bits per heavy atom. The third kappa shape index (κ3) is 6.51. The van der Waals surface area contributed by atoms with Crippen molar-refractivity contribution in [2.45, 2.75) is 19.5 Å². The molecule has 0 aliphatic rings. The van der Waals surface area contributed by atoms with Crippen LogP contribution < -0.4 is 14.4 Å². The first-order chi connectivity index (χ1) is 15.0. The summed E-state index contributed by atoms with van der Waals surface area (Å²) in [5.74, 6) is -0.384. The van der Waals surface area contributed by atoms with Crippen molar-refractivity contribution in [3.8, 4) is 5.75 Å². The van der Waals surface area contributed by atoms with Crippen LogP contribution in [0.2, 0.25) is 10.0 Å². The predicted octanol–water partition coefficient (Wildman–Crippen LogP) is 2.93. The first-order valence-electron chi connectivity index (χ1n) is 9.54. The summed E-state index contributed by atoms with van der Waals surface area (Å²) in [4.78, 5) is 26.9. The molecule has 0 unspecified atom stereocenters. The van der Waals surface area contributed by atoms with Crippen LogP contribution >= 0.6 is 23.2 Å². The molecule has 1 atom stereocenters. The number of benzene rings is 2. The largest absolute Gasteiger partial charge is 0.497 e. The minimum atomic E-state index is -3.88. The quantitative estimate of drug-likeness (QED) is 0.569. The highest BCUT2D eigenvalue weighted by molar-refractivity contribution is 7.92. The molecule has 32 heavy (non-hydrogen) atoms. The number of amides is 2. The monoisotopic (exact) mass is 501 g/mol. The van der Waals surface area contributed by atoms with Crippen molar-refractivity contribution < 1.29 is 22.7 Å². The van der Waals surface area contributed by atoms with Gasteiger partial charge in [-0.1, -0.05) is 35.3 Å². The van der Waals surface area contributed by atoms with Crippen molar-refractivity contribution in [1.29, 1.82) is 0 Å². The number of ether oxygens (including phenoxy) is 1. The molecular weight excluding hydrogens is 477 g/mol. The number of halogens is 2. The molecule has 0 saturated heterocycles. The second-order valence-electron chi connectivity index (χ2n) is 7.03. The molecule has 0 fully saturated rings. The molecule has 2 amide bonds. The number of sulfonamides is 1. The Kier molecular flexibility index (Phi) is 8.77. The molecule has 0 heterocycles. The molecule has 2 aromatic carbocycles. The molecule has 0 bridgehead atoms. The van der Waals surface area contributed by atoms with Gasteiger partial charge in [-0.3, -0.25) is 13.9 Å². The highest BCUT2D eigenvalue weighted by atomic mass is 35.5. The smallest absolute Gasteiger partial charge is 0.244 e. The second-order valence-corrected chi connectivity index (χ2v) is 9.78. The highest BCUT2D eigenvalue weighted by Gasteiger charge is 2.30. The van der Waals surface area contributed by atoms with E-state index in [4.69, 9.17) is 27.9 Å². The predicted molar refractivity (Wildman–Crippen MR) is 126 cm³/mol. The minimum absolute atomic E-state index is 0.0660. The van der Waals surface area contributed by atoms with Gasteiger partial charge in [-0.05, 0) is 42.8 Å². The van der Waals surface area contributed by atoms with Gasteiger partial charge < -0.3 is 15.0 Å². The zero-order valence-corrected chi connectivity index (χ0v) is 20.5. The maximum atomic E-state index is 13.3. The Morgan fingerprint density at radius 3 is 2.41 bits per heavy atom. The summed E-state index contributed by atoms with van der Waals surface area (Å²) in [5.41, 5.74) is 0.824. The number of hydrogen-bond acceptors (Lipinski definition) is 5. The van der Waals surface area contributed by atoms with Crippen LogP contribution in [0.5, 0.6) is 5.75 Å². The molecule has 2 rings (SSSR count). The van der Waals surface area contributed by atoms with E-state index in [2.05, 4.69) is 5.32 Å². The van der Waals surface area contributed by atoms with E-state index in [1.165, 1.54) is 37.3 Å². The number of carbonyl (C=O) groups excluding carboxylic acids is 2. The second kappa shape index (κ2) is 10.9. The van der Waals surface area contributed by atoms with Crippen molar-refractivity contribution in [3.05, 3.63) is 58.1 Å². The van der Waals surface area contributed by atoms with E-state index >= 15 is 0 Å². The number of rotatable bonds is 9. The first kappa shape index (κ1) is 25.8. The molecule has 1 N–H and O–H groups in total. The highest BCUT2D eigenvalue weighted by Crippen LogP contribution is 2.30. The van der Waals surface area contributed by atoms with Crippen LogP contribution in [-0.2, 0) is 26.2 Å². The van der Waals surface area contributed by atoms with E-state index in [1.807, 2.05) is 0 Å². The standard InChI is InChI=1S/C21H25Cl2N3O5S/c1-14(21(28)24-2)25(12-15-6-5-7-17(10-15)31-3)20(27)13-26(32(4,29)30)19-9-8-16(22)11-18(19)23/h5-11,14H,12-13H2,1-4H3,(H,24,28)/t14-/m0/s1. The normalized spacial score (nSPS) is 12.1. The Labute approximate surface area is 198 Å². The van der Waals surface area contributed by atoms with E-state index in [0.717, 1.165) is 10.6 Å². The molecule has 0 aliphatic carbocycles. The molecule has 0 saturated carbocycles. The number of hydrogen-bond donors (Lipinski definition) is 1. The van der Waals surface area contributed by atoms with E-state index in [1.54, 1.807) is 31.2 Å². The van der Waals surface area contributed by atoms with Crippen molar-refractivity contribution in [2.75, 3.05) is 31.3 Å². The zero-order valence-electron chi connectivity index (χ0n) is 18.1. The summed E-state index contributed by atoms with van der Waals surface area (Å²) in [7, 11) is -0.895. The Morgan fingerprint density at radius 2 is 1.84 bits per heavy atom. The van der Waals surface area contributed by atoms with Gasteiger partial charge >= 0.3 is 0 Å². The van der Waals surface area contributed by atoms with Crippen molar-refractivity contribution in [1.82, 2.24) is 10.2 Å². The van der Waals surface area contributed by atoms with Gasteiger partial charge in [-0.15, -0.1) is 0 Å². The van der Waals surface area contributed by atoms with Gasteiger partial charge in [0.15, 0.2) is 0 Å². The fourth-order valence-corrected chi connectivity index (χ4v) is 4.46. The molecule has 2 aromatic rings. The van der Waals surface area contributed by atoms with Crippen molar-refractivity contribution >= 4 is 50.7 Å². The molecule has 0 radical (unpaired) electrons. The summed E-state index contributed by atoms with van der Waals surface area (Å²) in [5, 5.41) is 2.92. The van der Waals surface area contributed by atoms with Crippen LogP contribution in [0.15, 0.2) is 42.5 Å². The van der Waals surface area contributed by atoms with E-state index < -0.39 is 34.4 Å². The van der Waals surface area contributed by atoms with Crippen LogP contribution in [0.25, 0.3) is 0 Å². The summed E-state index contributed by atoms with van der Waals surface area (Å²) < 4.78 is 31.1. The lowest BCUT2D eigenvalue weighted by atomic mass is 10.1. The van der Waals surface area contributed by atoms with Crippen LogP contribution in [-0.4, -0.2) is 58.1 Å². The Hall–Kier alpha value is -2.49. The zero-order chi connectivity index (χ0) is 24.1. The third-order valence-electron chi connectivity index (χ3n) is 4.76. The summed E-state index contributed by atoms with van der Waals surface area (Å²) >= 11 is 12.1. The number of carbonyl (C=O) groups is 2. The third-order valence-corrected chi connectivity index (χ3v) is 6.42. The maximum absolute atomic E-state index is 13.3. The summed E-state index contributed by atoms with van der Waals surface area (Å²) in [6.07, 6.45) is 0.972. The fourth-order valence-electron chi connectivity index (χ4n) is 3.04. The molecule has 8 nitrogen and oxygen atoms in total. The molecule has 0 aliphatic heterocycles. The van der Waals surface area contributed by atoms with Gasteiger partial charge in [-0.25, -0.2) is 8.42 Å². The van der Waals surface area contributed by atoms with Crippen LogP contribution in [0.4, 0.5) is 5.69 Å². The van der Waals surface area contributed by atoms with Gasteiger partial charge in [0.1, 0.15) is 18.3 Å². The van der Waals surface area contributed by atoms with E-state index in [9.17, 15) is 18.0 Å². The molecule has 0 aromatic heterocycles. The van der Waals surface area contributed by atoms with Crippen molar-refractivity contribution in [2.24, 2.45) is 0 Å². The van der Waals surface area contributed by atoms with Crippen LogP contribution in [0.1, 0.15) is 12.5 Å². The lowest BCUT2D eigenvalue weighted by Crippen LogP contribution is -2.50. The average molecular weight is 502 g/mol. The minimum Gasteiger partial charge on any atom is -0.497 e. The van der Waals surface area contributed by atoms with Gasteiger partial charge in [0.05, 0.1) is 24.1 Å². The fraction of sp³-hybridized carbons (Fsp3) is 0.333. The maximum Gasteiger partial charge on any atom is 0.244 e. The van der Waals surface area contributed by atoms with Crippen molar-refractivity contribution in [3.63, 3.8) is 0 Å². The number of nitrogens with one attached hydrogen (secondary N) is 1.